The third kappa shape index (κ3) is 7.46. The summed E-state index contributed by atoms with van der Waals surface area (Å²) < 4.78 is 14.8. The van der Waals surface area contributed by atoms with Crippen LogP contribution in [0.5, 0.6) is 11.5 Å². The Bertz CT molecular complexity index is 1780. The van der Waals surface area contributed by atoms with Gasteiger partial charge in [0, 0.05) is 17.1 Å². The molecule has 1 unspecified atom stereocenters. The van der Waals surface area contributed by atoms with Crippen molar-refractivity contribution >= 4 is 68.4 Å². The highest BCUT2D eigenvalue weighted by atomic mass is 79.9. The fraction of sp³-hybridized carbons (Fsp3) is 0.303. The molecule has 3 aromatic carbocycles. The quantitative estimate of drug-likeness (QED) is 0.149. The average molecular weight is 732 g/mol. The van der Waals surface area contributed by atoms with Gasteiger partial charge in [-0.05, 0) is 97.1 Å². The maximum atomic E-state index is 14.1. The molecule has 1 aliphatic heterocycles. The molecule has 1 aromatic heterocycles. The van der Waals surface area contributed by atoms with Crippen molar-refractivity contribution in [3.8, 4) is 11.5 Å². The summed E-state index contributed by atoms with van der Waals surface area (Å²) in [7, 11) is 0. The van der Waals surface area contributed by atoms with Crippen molar-refractivity contribution in [2.75, 3.05) is 23.0 Å². The number of fused-ring (bicyclic) bond motifs is 1. The maximum Gasteiger partial charge on any atom is 0.255 e. The van der Waals surface area contributed by atoms with Crippen molar-refractivity contribution in [1.29, 1.82) is 0 Å². The van der Waals surface area contributed by atoms with Crippen molar-refractivity contribution in [1.82, 2.24) is 14.8 Å². The molecule has 0 fully saturated rings. The molecule has 2 heterocycles. The highest BCUT2D eigenvalue weighted by Crippen LogP contribution is 2.44. The minimum absolute atomic E-state index is 0.241. The van der Waals surface area contributed by atoms with Gasteiger partial charge >= 0.3 is 0 Å². The third-order valence-corrected chi connectivity index (χ3v) is 9.53. The number of ether oxygens (including phenoxy) is 2. The molecule has 0 radical (unpaired) electrons. The standard InChI is InChI=1S/C33H34BrCl2N5O3S/c1-6-12-45-33-39-32-37-20(5)28(31(42)38-26-11-8-18(3)13-19(26)4)29(41(32)40-33)22-15-23(34)30(27(16-22)43-7-2)44-17-21-9-10-24(35)25(36)14-21/h8-11,13-16,29H,6-7,12,17H2,1-5H3,(H,38,42)(H,37,39,40). The zero-order valence-corrected chi connectivity index (χ0v) is 29.5. The summed E-state index contributed by atoms with van der Waals surface area (Å²) in [6.45, 7) is 10.6. The van der Waals surface area contributed by atoms with E-state index in [0.29, 0.717) is 55.0 Å². The van der Waals surface area contributed by atoms with Crippen LogP contribution in [-0.4, -0.2) is 33.0 Å². The van der Waals surface area contributed by atoms with Gasteiger partial charge in [0.25, 0.3) is 5.91 Å². The Balaban J connectivity index is 1.56. The second kappa shape index (κ2) is 14.5. The average Bonchev–Trinajstić information content (AvgIpc) is 3.40. The number of thioether (sulfide) groups is 1. The molecule has 4 aromatic rings. The normalized spacial score (nSPS) is 14.2. The second-order valence-corrected chi connectivity index (χ2v) is 13.4. The summed E-state index contributed by atoms with van der Waals surface area (Å²) in [4.78, 5) is 18.8. The van der Waals surface area contributed by atoms with Gasteiger partial charge < -0.3 is 20.1 Å². The molecule has 45 heavy (non-hydrogen) atoms. The first-order valence-electron chi connectivity index (χ1n) is 14.6. The summed E-state index contributed by atoms with van der Waals surface area (Å²) in [6.07, 6.45) is 0.987. The number of nitrogens with zero attached hydrogens (tertiary/aromatic N) is 3. The number of aromatic nitrogens is 3. The third-order valence-electron chi connectivity index (χ3n) is 7.16. The number of amides is 1. The first-order chi connectivity index (χ1) is 21.6. The number of benzene rings is 3. The van der Waals surface area contributed by atoms with E-state index in [2.05, 4.69) is 33.5 Å². The van der Waals surface area contributed by atoms with Crippen LogP contribution in [0.15, 0.2) is 69.4 Å². The molecule has 5 rings (SSSR count). The Morgan fingerprint density at radius 2 is 1.87 bits per heavy atom. The van der Waals surface area contributed by atoms with E-state index in [1.165, 1.54) is 0 Å². The summed E-state index contributed by atoms with van der Waals surface area (Å²) >= 11 is 17.6. The summed E-state index contributed by atoms with van der Waals surface area (Å²) in [5, 5.41) is 12.9. The molecule has 2 N–H and O–H groups in total. The van der Waals surface area contributed by atoms with Gasteiger partial charge in [0.15, 0.2) is 11.5 Å². The molecule has 236 valence electrons. The smallest absolute Gasteiger partial charge is 0.255 e. The highest BCUT2D eigenvalue weighted by molar-refractivity contribution is 9.10. The number of nitrogens with one attached hydrogen (secondary N) is 2. The lowest BCUT2D eigenvalue weighted by Crippen LogP contribution is -2.31. The van der Waals surface area contributed by atoms with Gasteiger partial charge in [-0.25, -0.2) is 4.68 Å². The summed E-state index contributed by atoms with van der Waals surface area (Å²) in [6, 6.07) is 14.6. The lowest BCUT2D eigenvalue weighted by molar-refractivity contribution is -0.113. The number of carbonyl (C=O) groups is 1. The number of aryl methyl sites for hydroxylation is 2. The Morgan fingerprint density at radius 1 is 1.07 bits per heavy atom. The lowest BCUT2D eigenvalue weighted by Gasteiger charge is -2.29. The minimum atomic E-state index is -0.602. The molecule has 1 amide bonds. The SMILES string of the molecule is CCCSc1nc2n(n1)C(c1cc(Br)c(OCc3ccc(Cl)c(Cl)c3)c(OCC)c1)C(C(=O)Nc1ccc(C)cc1C)=C(C)N2. The molecule has 0 bridgehead atoms. The van der Waals surface area contributed by atoms with Crippen LogP contribution in [0.2, 0.25) is 10.0 Å². The van der Waals surface area contributed by atoms with E-state index in [9.17, 15) is 4.79 Å². The van der Waals surface area contributed by atoms with Crippen LogP contribution in [-0.2, 0) is 11.4 Å². The van der Waals surface area contributed by atoms with Gasteiger partial charge in [-0.1, -0.05) is 65.7 Å². The number of allylic oxidation sites excluding steroid dienone is 1. The van der Waals surface area contributed by atoms with Gasteiger partial charge in [0.1, 0.15) is 12.6 Å². The number of hydrogen-bond donors (Lipinski definition) is 2. The zero-order chi connectivity index (χ0) is 32.2. The highest BCUT2D eigenvalue weighted by Gasteiger charge is 2.35. The van der Waals surface area contributed by atoms with Crippen LogP contribution in [0.1, 0.15) is 55.5 Å². The predicted octanol–water partition coefficient (Wildman–Crippen LogP) is 9.37. The van der Waals surface area contributed by atoms with E-state index in [0.717, 1.165) is 40.1 Å². The molecular weight excluding hydrogens is 697 g/mol. The Labute approximate surface area is 286 Å². The summed E-state index contributed by atoms with van der Waals surface area (Å²) in [5.74, 6) is 2.25. The topological polar surface area (TPSA) is 90.3 Å². The van der Waals surface area contributed by atoms with E-state index < -0.39 is 6.04 Å². The largest absolute Gasteiger partial charge is 0.490 e. The summed E-state index contributed by atoms with van der Waals surface area (Å²) in [5.41, 5.74) is 5.67. The fourth-order valence-electron chi connectivity index (χ4n) is 5.07. The molecule has 8 nitrogen and oxygen atoms in total. The van der Waals surface area contributed by atoms with Crippen molar-refractivity contribution in [2.24, 2.45) is 0 Å². The maximum absolute atomic E-state index is 14.1. The molecule has 0 saturated carbocycles. The first-order valence-corrected chi connectivity index (χ1v) is 17.1. The van der Waals surface area contributed by atoms with Gasteiger partial charge in [0.05, 0.1) is 26.7 Å². The van der Waals surface area contributed by atoms with Crippen LogP contribution >= 0.6 is 50.9 Å². The molecule has 0 saturated heterocycles. The number of hydrogen-bond acceptors (Lipinski definition) is 7. The molecule has 0 spiro atoms. The Morgan fingerprint density at radius 3 is 2.58 bits per heavy atom. The van der Waals surface area contributed by atoms with Crippen LogP contribution in [0.25, 0.3) is 0 Å². The van der Waals surface area contributed by atoms with Crippen LogP contribution in [0.4, 0.5) is 11.6 Å². The molecule has 1 aliphatic rings. The van der Waals surface area contributed by atoms with Crippen LogP contribution < -0.4 is 20.1 Å². The van der Waals surface area contributed by atoms with Gasteiger partial charge in [-0.3, -0.25) is 4.79 Å². The van der Waals surface area contributed by atoms with E-state index >= 15 is 0 Å². The van der Waals surface area contributed by atoms with Crippen molar-refractivity contribution in [3.63, 3.8) is 0 Å². The zero-order valence-electron chi connectivity index (χ0n) is 25.6. The number of carbonyl (C=O) groups excluding carboxylic acids is 1. The molecule has 12 heteroatoms. The van der Waals surface area contributed by atoms with Crippen LogP contribution in [0, 0.1) is 13.8 Å². The lowest BCUT2D eigenvalue weighted by atomic mass is 9.94. The van der Waals surface area contributed by atoms with Crippen molar-refractivity contribution < 1.29 is 14.3 Å². The minimum Gasteiger partial charge on any atom is -0.490 e. The van der Waals surface area contributed by atoms with Gasteiger partial charge in [0.2, 0.25) is 11.1 Å². The Kier molecular flexibility index (Phi) is 10.7. The van der Waals surface area contributed by atoms with Crippen LogP contribution in [0.3, 0.4) is 0 Å². The molecule has 1 atom stereocenters. The molecule has 0 aliphatic carbocycles. The van der Waals surface area contributed by atoms with E-state index in [1.807, 2.05) is 64.1 Å². The van der Waals surface area contributed by atoms with Crippen molar-refractivity contribution in [2.45, 2.75) is 58.8 Å². The predicted molar refractivity (Wildman–Crippen MR) is 186 cm³/mol. The number of rotatable bonds is 11. The second-order valence-electron chi connectivity index (χ2n) is 10.6. The van der Waals surface area contributed by atoms with Crippen molar-refractivity contribution in [3.05, 3.63) is 96.6 Å². The van der Waals surface area contributed by atoms with E-state index in [1.54, 1.807) is 28.6 Å². The van der Waals surface area contributed by atoms with Gasteiger partial charge in [-0.2, -0.15) is 4.98 Å². The van der Waals surface area contributed by atoms with Gasteiger partial charge in [-0.15, -0.1) is 5.10 Å². The Hall–Kier alpha value is -3.18. The fourth-order valence-corrected chi connectivity index (χ4v) is 6.64. The van der Waals surface area contributed by atoms with E-state index in [-0.39, 0.29) is 12.5 Å². The monoisotopic (exact) mass is 729 g/mol. The van der Waals surface area contributed by atoms with E-state index in [4.69, 9.17) is 42.8 Å². The number of halogens is 3. The number of anilines is 2. The molecular formula is C33H34BrCl2N5O3S. The first kappa shape index (κ1) is 33.2.